The minimum atomic E-state index is -1.89. The van der Waals surface area contributed by atoms with Crippen molar-refractivity contribution in [2.45, 2.75) is 18.7 Å². The van der Waals surface area contributed by atoms with Crippen molar-refractivity contribution in [2.24, 2.45) is 0 Å². The standard InChI is InChI=1S/C22H21ClNO3PS/c1-28(26)21(17-9-5-6-10-18(17)23)24-12-11-19-16(14-24)13-20(29-19)27-22(25)15-7-3-2-4-8-15/h2-10,13,21,28H,11-12,14H2,1H3. The summed E-state index contributed by atoms with van der Waals surface area (Å²) in [4.78, 5) is 15.8. The van der Waals surface area contributed by atoms with Crippen LogP contribution in [0.3, 0.4) is 0 Å². The molecule has 2 heterocycles. The summed E-state index contributed by atoms with van der Waals surface area (Å²) in [5.41, 5.74) is 2.57. The first-order chi connectivity index (χ1) is 14.0. The van der Waals surface area contributed by atoms with Crippen molar-refractivity contribution in [1.82, 2.24) is 4.90 Å². The molecule has 0 spiro atoms. The number of nitrogens with zero attached hydrogens (tertiary/aromatic N) is 1. The number of fused-ring (bicyclic) bond motifs is 1. The summed E-state index contributed by atoms with van der Waals surface area (Å²) in [6, 6.07) is 18.5. The van der Waals surface area contributed by atoms with Gasteiger partial charge in [-0.15, -0.1) is 11.3 Å². The first kappa shape index (κ1) is 20.4. The summed E-state index contributed by atoms with van der Waals surface area (Å²) in [5.74, 6) is -0.550. The van der Waals surface area contributed by atoms with E-state index >= 15 is 0 Å². The summed E-state index contributed by atoms with van der Waals surface area (Å²) < 4.78 is 18.2. The van der Waals surface area contributed by atoms with Gasteiger partial charge in [0.05, 0.1) is 19.1 Å². The first-order valence-corrected chi connectivity index (χ1v) is 12.6. The molecule has 2 atom stereocenters. The van der Waals surface area contributed by atoms with Gasteiger partial charge in [-0.3, -0.25) is 4.90 Å². The Labute approximate surface area is 179 Å². The number of hydrogen-bond acceptors (Lipinski definition) is 5. The van der Waals surface area contributed by atoms with Gasteiger partial charge in [0.25, 0.3) is 0 Å². The number of thiophene rings is 1. The van der Waals surface area contributed by atoms with Gasteiger partial charge in [-0.25, -0.2) is 4.79 Å². The van der Waals surface area contributed by atoms with Crippen LogP contribution in [0.15, 0.2) is 60.7 Å². The van der Waals surface area contributed by atoms with Crippen LogP contribution in [0.2, 0.25) is 5.02 Å². The van der Waals surface area contributed by atoms with E-state index in [9.17, 15) is 9.36 Å². The Hall–Kier alpha value is -1.91. The molecule has 0 fully saturated rings. The minimum absolute atomic E-state index is 0.197. The summed E-state index contributed by atoms with van der Waals surface area (Å²) >= 11 is 7.91. The van der Waals surface area contributed by atoms with E-state index in [4.69, 9.17) is 16.3 Å². The zero-order chi connectivity index (χ0) is 20.4. The van der Waals surface area contributed by atoms with Gasteiger partial charge in [0, 0.05) is 23.0 Å². The lowest BCUT2D eigenvalue weighted by molar-refractivity contribution is 0.0740. The van der Waals surface area contributed by atoms with E-state index in [2.05, 4.69) is 4.90 Å². The monoisotopic (exact) mass is 445 g/mol. The first-order valence-electron chi connectivity index (χ1n) is 9.40. The zero-order valence-electron chi connectivity index (χ0n) is 15.9. The largest absolute Gasteiger partial charge is 0.412 e. The number of esters is 1. The highest BCUT2D eigenvalue weighted by Crippen LogP contribution is 2.46. The molecule has 0 bridgehead atoms. The normalized spacial score (nSPS) is 16.1. The molecule has 2 aromatic carbocycles. The Kier molecular flexibility index (Phi) is 6.21. The maximum atomic E-state index is 12.6. The van der Waals surface area contributed by atoms with Crippen LogP contribution >= 0.6 is 30.7 Å². The van der Waals surface area contributed by atoms with Crippen LogP contribution in [-0.4, -0.2) is 24.1 Å². The molecule has 7 heteroatoms. The van der Waals surface area contributed by atoms with Gasteiger partial charge in [-0.2, -0.15) is 0 Å². The van der Waals surface area contributed by atoms with E-state index in [1.54, 1.807) is 18.8 Å². The number of carbonyl (C=O) groups is 1. The SMILES string of the molecule is C[PH](=O)C(c1ccccc1Cl)N1CCc2sc(OC(=O)c3ccccc3)cc2C1. The van der Waals surface area contributed by atoms with E-state index in [0.717, 1.165) is 24.1 Å². The molecule has 3 aromatic rings. The predicted molar refractivity (Wildman–Crippen MR) is 119 cm³/mol. The molecule has 4 rings (SSSR count). The van der Waals surface area contributed by atoms with Crippen molar-refractivity contribution in [1.29, 1.82) is 0 Å². The van der Waals surface area contributed by atoms with Crippen LogP contribution in [0.5, 0.6) is 5.06 Å². The summed E-state index contributed by atoms with van der Waals surface area (Å²) in [6.45, 7) is 3.24. The number of halogens is 1. The molecule has 0 amide bonds. The quantitative estimate of drug-likeness (QED) is 0.364. The number of benzene rings is 2. The van der Waals surface area contributed by atoms with Crippen LogP contribution in [0, 0.1) is 0 Å². The van der Waals surface area contributed by atoms with E-state index < -0.39 is 7.80 Å². The second-order valence-electron chi connectivity index (χ2n) is 7.02. The molecule has 29 heavy (non-hydrogen) atoms. The number of hydrogen-bond donors (Lipinski definition) is 0. The molecular formula is C22H21ClNO3PS. The molecule has 0 radical (unpaired) electrons. The number of ether oxygens (including phenoxy) is 1. The van der Waals surface area contributed by atoms with Crippen molar-refractivity contribution < 1.29 is 14.1 Å². The van der Waals surface area contributed by atoms with Gasteiger partial charge in [0.2, 0.25) is 0 Å². The van der Waals surface area contributed by atoms with Crippen LogP contribution in [0.4, 0.5) is 0 Å². The number of rotatable bonds is 5. The van der Waals surface area contributed by atoms with Crippen molar-refractivity contribution in [3.05, 3.63) is 87.3 Å². The van der Waals surface area contributed by atoms with Gasteiger partial charge < -0.3 is 9.30 Å². The van der Waals surface area contributed by atoms with Crippen molar-refractivity contribution >= 4 is 36.7 Å². The lowest BCUT2D eigenvalue weighted by Gasteiger charge is -2.34. The van der Waals surface area contributed by atoms with Crippen molar-refractivity contribution in [3.8, 4) is 5.06 Å². The molecule has 0 aliphatic carbocycles. The minimum Gasteiger partial charge on any atom is -0.412 e. The average molecular weight is 446 g/mol. The highest BCUT2D eigenvalue weighted by atomic mass is 35.5. The molecule has 150 valence electrons. The maximum Gasteiger partial charge on any atom is 0.344 e. The van der Waals surface area contributed by atoms with Gasteiger partial charge in [-0.1, -0.05) is 48.0 Å². The van der Waals surface area contributed by atoms with Crippen LogP contribution in [0.25, 0.3) is 0 Å². The highest BCUT2D eigenvalue weighted by molar-refractivity contribution is 7.44. The van der Waals surface area contributed by atoms with Crippen LogP contribution in [-0.2, 0) is 17.5 Å². The van der Waals surface area contributed by atoms with Crippen LogP contribution < -0.4 is 4.74 Å². The zero-order valence-corrected chi connectivity index (χ0v) is 18.5. The number of carbonyl (C=O) groups excluding carboxylic acids is 1. The Balaban J connectivity index is 1.53. The molecule has 0 N–H and O–H groups in total. The fraction of sp³-hybridized carbons (Fsp3) is 0.227. The Morgan fingerprint density at radius 2 is 1.90 bits per heavy atom. The molecule has 0 saturated carbocycles. The van der Waals surface area contributed by atoms with E-state index in [-0.39, 0.29) is 11.8 Å². The Bertz CT molecular complexity index is 1050. The third-order valence-corrected chi connectivity index (χ3v) is 7.93. The summed E-state index contributed by atoms with van der Waals surface area (Å²) in [6.07, 6.45) is 0.832. The topological polar surface area (TPSA) is 46.6 Å². The van der Waals surface area contributed by atoms with Crippen LogP contribution in [0.1, 0.15) is 32.1 Å². The average Bonchev–Trinajstić information content (AvgIpc) is 3.11. The van der Waals surface area contributed by atoms with Gasteiger partial charge >= 0.3 is 5.97 Å². The molecule has 2 unspecified atom stereocenters. The Morgan fingerprint density at radius 3 is 2.62 bits per heavy atom. The van der Waals surface area contributed by atoms with E-state index in [0.29, 0.717) is 22.2 Å². The predicted octanol–water partition coefficient (Wildman–Crippen LogP) is 5.87. The molecule has 1 aromatic heterocycles. The van der Waals surface area contributed by atoms with Crippen molar-refractivity contribution in [3.63, 3.8) is 0 Å². The molecule has 4 nitrogen and oxygen atoms in total. The second kappa shape index (κ2) is 8.85. The molecule has 0 saturated heterocycles. The van der Waals surface area contributed by atoms with Gasteiger partial charge in [-0.05, 0) is 48.5 Å². The fourth-order valence-electron chi connectivity index (χ4n) is 3.69. The Morgan fingerprint density at radius 1 is 1.17 bits per heavy atom. The molecule has 1 aliphatic rings. The highest BCUT2D eigenvalue weighted by Gasteiger charge is 2.30. The van der Waals surface area contributed by atoms with Crippen molar-refractivity contribution in [2.75, 3.05) is 13.2 Å². The smallest absolute Gasteiger partial charge is 0.344 e. The van der Waals surface area contributed by atoms with Gasteiger partial charge in [0.15, 0.2) is 5.06 Å². The second-order valence-corrected chi connectivity index (χ2v) is 10.3. The van der Waals surface area contributed by atoms with Gasteiger partial charge in [0.1, 0.15) is 0 Å². The lowest BCUT2D eigenvalue weighted by Crippen LogP contribution is -2.32. The summed E-state index contributed by atoms with van der Waals surface area (Å²) in [7, 11) is -1.89. The molecule has 1 aliphatic heterocycles. The lowest BCUT2D eigenvalue weighted by atomic mass is 10.1. The third-order valence-electron chi connectivity index (χ3n) is 5.03. The van der Waals surface area contributed by atoms with E-state index in [1.807, 2.05) is 48.5 Å². The third kappa shape index (κ3) is 4.49. The summed E-state index contributed by atoms with van der Waals surface area (Å²) in [5, 5.41) is 1.25. The fourth-order valence-corrected chi connectivity index (χ4v) is 6.46. The molecular weight excluding hydrogens is 425 g/mol. The van der Waals surface area contributed by atoms with E-state index in [1.165, 1.54) is 16.2 Å². The maximum absolute atomic E-state index is 12.6.